The summed E-state index contributed by atoms with van der Waals surface area (Å²) in [4.78, 5) is 0. The van der Waals surface area contributed by atoms with Crippen LogP contribution >= 0.6 is 0 Å². The van der Waals surface area contributed by atoms with Gasteiger partial charge in [-0.05, 0) is 29.0 Å². The fourth-order valence-corrected chi connectivity index (χ4v) is 1.64. The Morgan fingerprint density at radius 2 is 2.24 bits per heavy atom. The molecule has 0 fully saturated rings. The molecule has 1 aromatic carbocycles. The Morgan fingerprint density at radius 3 is 2.94 bits per heavy atom. The van der Waals surface area contributed by atoms with Crippen molar-refractivity contribution in [1.29, 1.82) is 0 Å². The minimum atomic E-state index is 0.649. The summed E-state index contributed by atoms with van der Waals surface area (Å²) in [6.45, 7) is 2.08. The quantitative estimate of drug-likeness (QED) is 0.803. The lowest BCUT2D eigenvalue weighted by Gasteiger charge is -2.09. The number of aromatic nitrogens is 4. The standard InChI is InChI=1S/C11H15N5O/c1-3-4-11-13-14-15-16(11)9-6-5-8(12)7-10(9)17-2/h5-7H,3-4,12H2,1-2H3. The van der Waals surface area contributed by atoms with E-state index in [1.165, 1.54) is 0 Å². The van der Waals surface area contributed by atoms with Crippen LogP contribution in [0, 0.1) is 0 Å². The number of ether oxygens (including phenoxy) is 1. The third-order valence-electron chi connectivity index (χ3n) is 2.44. The van der Waals surface area contributed by atoms with Crippen LogP contribution in [-0.2, 0) is 6.42 Å². The summed E-state index contributed by atoms with van der Waals surface area (Å²) in [6.07, 6.45) is 1.80. The maximum atomic E-state index is 5.71. The maximum Gasteiger partial charge on any atom is 0.156 e. The summed E-state index contributed by atoms with van der Waals surface area (Å²) >= 11 is 0. The Kier molecular flexibility index (Phi) is 3.22. The third kappa shape index (κ3) is 2.20. The van der Waals surface area contributed by atoms with E-state index in [0.29, 0.717) is 11.4 Å². The minimum absolute atomic E-state index is 0.649. The monoisotopic (exact) mass is 233 g/mol. The van der Waals surface area contributed by atoms with Gasteiger partial charge >= 0.3 is 0 Å². The number of tetrazole rings is 1. The van der Waals surface area contributed by atoms with Gasteiger partial charge in [0.1, 0.15) is 11.4 Å². The Hall–Kier alpha value is -2.11. The Labute approximate surface area is 99.4 Å². The van der Waals surface area contributed by atoms with Crippen LogP contribution in [0.25, 0.3) is 5.69 Å². The van der Waals surface area contributed by atoms with E-state index in [4.69, 9.17) is 10.5 Å². The zero-order chi connectivity index (χ0) is 12.3. The van der Waals surface area contributed by atoms with Crippen molar-refractivity contribution in [2.75, 3.05) is 12.8 Å². The maximum absolute atomic E-state index is 5.71. The number of nitrogen functional groups attached to an aromatic ring is 1. The van der Waals surface area contributed by atoms with Crippen LogP contribution in [0.15, 0.2) is 18.2 Å². The molecule has 6 nitrogen and oxygen atoms in total. The van der Waals surface area contributed by atoms with Crippen LogP contribution in [-0.4, -0.2) is 27.3 Å². The lowest BCUT2D eigenvalue weighted by molar-refractivity contribution is 0.411. The first-order valence-electron chi connectivity index (χ1n) is 5.47. The van der Waals surface area contributed by atoms with E-state index in [1.54, 1.807) is 23.9 Å². The average Bonchev–Trinajstić information content (AvgIpc) is 2.77. The molecule has 0 radical (unpaired) electrons. The first kappa shape index (κ1) is 11.4. The SMILES string of the molecule is CCCc1nnnn1-c1ccc(N)cc1OC. The van der Waals surface area contributed by atoms with Crippen molar-refractivity contribution in [3.63, 3.8) is 0 Å². The molecule has 0 saturated carbocycles. The van der Waals surface area contributed by atoms with E-state index in [2.05, 4.69) is 22.4 Å². The highest BCUT2D eigenvalue weighted by Crippen LogP contribution is 2.25. The summed E-state index contributed by atoms with van der Waals surface area (Å²) in [7, 11) is 1.60. The highest BCUT2D eigenvalue weighted by molar-refractivity contribution is 5.55. The van der Waals surface area contributed by atoms with Crippen molar-refractivity contribution in [3.05, 3.63) is 24.0 Å². The van der Waals surface area contributed by atoms with Gasteiger partial charge in [0.25, 0.3) is 0 Å². The molecule has 0 aliphatic heterocycles. The lowest BCUT2D eigenvalue weighted by Crippen LogP contribution is -2.05. The molecule has 0 amide bonds. The van der Waals surface area contributed by atoms with Crippen molar-refractivity contribution in [3.8, 4) is 11.4 Å². The average molecular weight is 233 g/mol. The van der Waals surface area contributed by atoms with Crippen molar-refractivity contribution >= 4 is 5.69 Å². The van der Waals surface area contributed by atoms with Gasteiger partial charge in [-0.1, -0.05) is 6.92 Å². The normalized spacial score (nSPS) is 10.5. The van der Waals surface area contributed by atoms with Gasteiger partial charge in [-0.15, -0.1) is 5.10 Å². The molecule has 2 N–H and O–H groups in total. The van der Waals surface area contributed by atoms with Crippen molar-refractivity contribution in [2.45, 2.75) is 19.8 Å². The van der Waals surface area contributed by atoms with E-state index in [0.717, 1.165) is 24.4 Å². The number of aryl methyl sites for hydroxylation is 1. The molecular formula is C11H15N5O. The van der Waals surface area contributed by atoms with Gasteiger partial charge in [-0.25, -0.2) is 0 Å². The molecule has 0 atom stereocenters. The molecule has 90 valence electrons. The first-order valence-corrected chi connectivity index (χ1v) is 5.47. The third-order valence-corrected chi connectivity index (χ3v) is 2.44. The largest absolute Gasteiger partial charge is 0.494 e. The number of anilines is 1. The van der Waals surface area contributed by atoms with Crippen LogP contribution in [0.4, 0.5) is 5.69 Å². The van der Waals surface area contributed by atoms with Gasteiger partial charge in [-0.2, -0.15) is 4.68 Å². The summed E-state index contributed by atoms with van der Waals surface area (Å²) in [5, 5.41) is 11.7. The molecule has 0 unspecified atom stereocenters. The fourth-order valence-electron chi connectivity index (χ4n) is 1.64. The van der Waals surface area contributed by atoms with Gasteiger partial charge in [0.15, 0.2) is 5.82 Å². The van der Waals surface area contributed by atoms with E-state index >= 15 is 0 Å². The summed E-state index contributed by atoms with van der Waals surface area (Å²) < 4.78 is 6.97. The second-order valence-electron chi connectivity index (χ2n) is 3.69. The van der Waals surface area contributed by atoms with Crippen molar-refractivity contribution in [1.82, 2.24) is 20.2 Å². The summed E-state index contributed by atoms with van der Waals surface area (Å²) in [6, 6.07) is 5.41. The van der Waals surface area contributed by atoms with Crippen LogP contribution in [0.2, 0.25) is 0 Å². The Bertz CT molecular complexity index is 508. The zero-order valence-electron chi connectivity index (χ0n) is 9.92. The Balaban J connectivity index is 2.48. The molecule has 2 aromatic rings. The molecule has 1 aromatic heterocycles. The molecule has 0 saturated heterocycles. The lowest BCUT2D eigenvalue weighted by atomic mass is 10.2. The van der Waals surface area contributed by atoms with Gasteiger partial charge in [0.2, 0.25) is 0 Å². The van der Waals surface area contributed by atoms with Crippen molar-refractivity contribution < 1.29 is 4.74 Å². The van der Waals surface area contributed by atoms with Crippen LogP contribution < -0.4 is 10.5 Å². The molecule has 17 heavy (non-hydrogen) atoms. The topological polar surface area (TPSA) is 78.9 Å². The summed E-state index contributed by atoms with van der Waals surface area (Å²) in [5.41, 5.74) is 7.16. The van der Waals surface area contributed by atoms with E-state index < -0.39 is 0 Å². The molecule has 1 heterocycles. The number of benzene rings is 1. The van der Waals surface area contributed by atoms with Gasteiger partial charge in [0.05, 0.1) is 7.11 Å². The zero-order valence-corrected chi connectivity index (χ0v) is 9.92. The number of hydrogen-bond acceptors (Lipinski definition) is 5. The highest BCUT2D eigenvalue weighted by Gasteiger charge is 2.12. The summed E-state index contributed by atoms with van der Waals surface area (Å²) in [5.74, 6) is 1.48. The molecule has 6 heteroatoms. The number of methoxy groups -OCH3 is 1. The van der Waals surface area contributed by atoms with Gasteiger partial charge in [-0.3, -0.25) is 0 Å². The van der Waals surface area contributed by atoms with Crippen LogP contribution in [0.3, 0.4) is 0 Å². The predicted molar refractivity (Wildman–Crippen MR) is 64.1 cm³/mol. The number of rotatable bonds is 4. The van der Waals surface area contributed by atoms with Crippen LogP contribution in [0.5, 0.6) is 5.75 Å². The first-order chi connectivity index (χ1) is 8.26. The van der Waals surface area contributed by atoms with Crippen molar-refractivity contribution in [2.24, 2.45) is 0 Å². The molecule has 0 aliphatic rings. The van der Waals surface area contributed by atoms with E-state index in [-0.39, 0.29) is 0 Å². The Morgan fingerprint density at radius 1 is 1.41 bits per heavy atom. The fraction of sp³-hybridized carbons (Fsp3) is 0.364. The molecule has 2 rings (SSSR count). The second kappa shape index (κ2) is 4.82. The molecule has 0 spiro atoms. The van der Waals surface area contributed by atoms with Crippen LogP contribution in [0.1, 0.15) is 19.2 Å². The minimum Gasteiger partial charge on any atom is -0.494 e. The van der Waals surface area contributed by atoms with E-state index in [1.807, 2.05) is 6.07 Å². The second-order valence-corrected chi connectivity index (χ2v) is 3.69. The smallest absolute Gasteiger partial charge is 0.156 e. The van der Waals surface area contributed by atoms with Gasteiger partial charge in [0, 0.05) is 18.2 Å². The molecular weight excluding hydrogens is 218 g/mol. The van der Waals surface area contributed by atoms with Gasteiger partial charge < -0.3 is 10.5 Å². The van der Waals surface area contributed by atoms with E-state index in [9.17, 15) is 0 Å². The number of nitrogens with two attached hydrogens (primary N) is 1. The highest BCUT2D eigenvalue weighted by atomic mass is 16.5. The number of nitrogens with zero attached hydrogens (tertiary/aromatic N) is 4. The predicted octanol–water partition coefficient (Wildman–Crippen LogP) is 1.21. The number of hydrogen-bond donors (Lipinski definition) is 1. The molecule has 0 bridgehead atoms. The molecule has 0 aliphatic carbocycles.